The fourth-order valence-electron chi connectivity index (χ4n) is 2.71. The fourth-order valence-corrected chi connectivity index (χ4v) is 5.51. The molecule has 1 amide bonds. The number of hydrogen-bond acceptors (Lipinski definition) is 6. The van der Waals surface area contributed by atoms with Gasteiger partial charge in [-0.3, -0.25) is 10.2 Å². The minimum absolute atomic E-state index is 0.140. The topological polar surface area (TPSA) is 110 Å². The fraction of sp³-hybridized carbons (Fsp3) is 0.562. The van der Waals surface area contributed by atoms with Gasteiger partial charge in [0.1, 0.15) is 17.9 Å². The van der Waals surface area contributed by atoms with Crippen LogP contribution >= 0.6 is 22.9 Å². The lowest BCUT2D eigenvalue weighted by Gasteiger charge is -2.38. The van der Waals surface area contributed by atoms with Gasteiger partial charge in [-0.05, 0) is 38.0 Å². The van der Waals surface area contributed by atoms with Gasteiger partial charge >= 0.3 is 0 Å². The number of thiophene rings is 1. The van der Waals surface area contributed by atoms with Crippen LogP contribution in [0, 0.1) is 5.41 Å². The zero-order chi connectivity index (χ0) is 19.1. The molecule has 1 aromatic rings. The lowest BCUT2D eigenvalue weighted by molar-refractivity contribution is 0.0755. The molecule has 3 unspecified atom stereocenters. The van der Waals surface area contributed by atoms with Gasteiger partial charge in [0.2, 0.25) is 0 Å². The first kappa shape index (κ1) is 19.5. The van der Waals surface area contributed by atoms with Gasteiger partial charge in [0.05, 0.1) is 27.0 Å². The highest BCUT2D eigenvalue weighted by atomic mass is 35.5. The summed E-state index contributed by atoms with van der Waals surface area (Å²) in [6, 6.07) is 1.28. The van der Waals surface area contributed by atoms with Crippen LogP contribution in [-0.2, 0) is 16.0 Å². The predicted octanol–water partition coefficient (Wildman–Crippen LogP) is 2.44. The third kappa shape index (κ3) is 3.85. The molecule has 3 heterocycles. The smallest absolute Gasteiger partial charge is 0.261 e. The van der Waals surface area contributed by atoms with Crippen molar-refractivity contribution in [1.82, 2.24) is 10.6 Å². The van der Waals surface area contributed by atoms with Crippen molar-refractivity contribution in [2.45, 2.75) is 44.1 Å². The number of halogens is 1. The SMILES string of the molecule is CC1=NOC(CNC(=O)c2cc(Cl)c(C3C[S+]([O-])C(C)(C)C(=N)N3)s2)C1. The highest BCUT2D eigenvalue weighted by molar-refractivity contribution is 7.93. The van der Waals surface area contributed by atoms with Crippen LogP contribution in [0.4, 0.5) is 0 Å². The Morgan fingerprint density at radius 3 is 3.00 bits per heavy atom. The molecule has 0 radical (unpaired) electrons. The number of nitrogens with zero attached hydrogens (tertiary/aromatic N) is 1. The lowest BCUT2D eigenvalue weighted by Crippen LogP contribution is -2.56. The summed E-state index contributed by atoms with van der Waals surface area (Å²) in [4.78, 5) is 18.8. The molecular weight excluding hydrogens is 396 g/mol. The van der Waals surface area contributed by atoms with Crippen molar-refractivity contribution in [3.05, 3.63) is 20.8 Å². The molecule has 0 bridgehead atoms. The molecule has 2 aliphatic heterocycles. The summed E-state index contributed by atoms with van der Waals surface area (Å²) in [6.07, 6.45) is 0.561. The summed E-state index contributed by atoms with van der Waals surface area (Å²) in [5.74, 6) is 0.336. The van der Waals surface area contributed by atoms with Crippen molar-refractivity contribution in [2.75, 3.05) is 12.3 Å². The van der Waals surface area contributed by atoms with E-state index in [0.29, 0.717) is 28.6 Å². The molecule has 10 heteroatoms. The molecule has 0 aromatic carbocycles. The molecule has 0 spiro atoms. The van der Waals surface area contributed by atoms with Gasteiger partial charge < -0.3 is 20.0 Å². The van der Waals surface area contributed by atoms with E-state index in [4.69, 9.17) is 21.8 Å². The van der Waals surface area contributed by atoms with Gasteiger partial charge in [0, 0.05) is 6.42 Å². The Kier molecular flexibility index (Phi) is 5.53. The Morgan fingerprint density at radius 2 is 2.38 bits per heavy atom. The van der Waals surface area contributed by atoms with E-state index in [9.17, 15) is 9.35 Å². The second kappa shape index (κ2) is 7.38. The number of carbonyl (C=O) groups is 1. The van der Waals surface area contributed by atoms with E-state index in [2.05, 4.69) is 15.8 Å². The first-order chi connectivity index (χ1) is 12.2. The summed E-state index contributed by atoms with van der Waals surface area (Å²) in [5.41, 5.74) is 0.910. The van der Waals surface area contributed by atoms with E-state index < -0.39 is 15.9 Å². The Balaban J connectivity index is 1.65. The highest BCUT2D eigenvalue weighted by Crippen LogP contribution is 2.37. The van der Waals surface area contributed by atoms with Crippen LogP contribution in [0.5, 0.6) is 0 Å². The van der Waals surface area contributed by atoms with Crippen LogP contribution in [0.15, 0.2) is 11.2 Å². The summed E-state index contributed by atoms with van der Waals surface area (Å²) in [6.45, 7) is 5.81. The second-order valence-electron chi connectivity index (χ2n) is 6.89. The first-order valence-corrected chi connectivity index (χ1v) is 10.7. The van der Waals surface area contributed by atoms with Crippen LogP contribution in [-0.4, -0.2) is 45.2 Å². The van der Waals surface area contributed by atoms with E-state index in [0.717, 1.165) is 10.6 Å². The van der Waals surface area contributed by atoms with Crippen molar-refractivity contribution < 1.29 is 14.2 Å². The normalized spacial score (nSPS) is 27.5. The molecule has 3 rings (SSSR count). The maximum atomic E-state index is 12.4. The predicted molar refractivity (Wildman–Crippen MR) is 105 cm³/mol. The zero-order valence-corrected chi connectivity index (χ0v) is 17.1. The van der Waals surface area contributed by atoms with Crippen molar-refractivity contribution in [2.24, 2.45) is 5.16 Å². The number of nitrogens with one attached hydrogen (secondary N) is 3. The average Bonchev–Trinajstić information content (AvgIpc) is 3.16. The Morgan fingerprint density at radius 1 is 1.65 bits per heavy atom. The van der Waals surface area contributed by atoms with Gasteiger partial charge in [-0.1, -0.05) is 16.8 Å². The van der Waals surface area contributed by atoms with Crippen molar-refractivity contribution in [3.8, 4) is 0 Å². The summed E-state index contributed by atoms with van der Waals surface area (Å²) in [5, 5.41) is 18.3. The summed E-state index contributed by atoms with van der Waals surface area (Å²) in [7, 11) is 0. The number of carbonyl (C=O) groups excluding carboxylic acids is 1. The zero-order valence-electron chi connectivity index (χ0n) is 14.7. The third-order valence-electron chi connectivity index (χ3n) is 4.43. The maximum absolute atomic E-state index is 12.4. The molecule has 0 saturated carbocycles. The number of rotatable bonds is 4. The molecule has 26 heavy (non-hydrogen) atoms. The molecule has 7 nitrogen and oxygen atoms in total. The van der Waals surface area contributed by atoms with Crippen LogP contribution < -0.4 is 10.6 Å². The molecule has 1 saturated heterocycles. The Hall–Kier alpha value is -1.29. The molecule has 3 N–H and O–H groups in total. The second-order valence-corrected chi connectivity index (χ2v) is 10.4. The van der Waals surface area contributed by atoms with Gasteiger partial charge in [-0.25, -0.2) is 0 Å². The molecule has 1 aromatic heterocycles. The number of hydrogen-bond donors (Lipinski definition) is 3. The van der Waals surface area contributed by atoms with E-state index in [-0.39, 0.29) is 23.9 Å². The average molecular weight is 417 g/mol. The Labute approximate surface area is 164 Å². The maximum Gasteiger partial charge on any atom is 0.261 e. The van der Waals surface area contributed by atoms with Crippen molar-refractivity contribution >= 4 is 51.6 Å². The van der Waals surface area contributed by atoms with Crippen LogP contribution in [0.2, 0.25) is 5.02 Å². The molecule has 2 aliphatic rings. The van der Waals surface area contributed by atoms with E-state index >= 15 is 0 Å². The van der Waals surface area contributed by atoms with Gasteiger partial charge in [0.15, 0.2) is 10.6 Å². The molecule has 1 fully saturated rings. The number of amidine groups is 1. The van der Waals surface area contributed by atoms with Gasteiger partial charge in [-0.2, -0.15) is 0 Å². The van der Waals surface area contributed by atoms with Crippen LogP contribution in [0.3, 0.4) is 0 Å². The van der Waals surface area contributed by atoms with Crippen LogP contribution in [0.25, 0.3) is 0 Å². The van der Waals surface area contributed by atoms with Crippen LogP contribution in [0.1, 0.15) is 47.8 Å². The monoisotopic (exact) mass is 416 g/mol. The summed E-state index contributed by atoms with van der Waals surface area (Å²) >= 11 is 6.37. The molecule has 0 aliphatic carbocycles. The van der Waals surface area contributed by atoms with Gasteiger partial charge in [-0.15, -0.1) is 11.3 Å². The Bertz CT molecular complexity index is 765. The molecular formula is C16H21ClN4O3S2. The minimum atomic E-state index is -1.20. The van der Waals surface area contributed by atoms with Crippen molar-refractivity contribution in [3.63, 3.8) is 0 Å². The number of amides is 1. The van der Waals surface area contributed by atoms with E-state index in [1.54, 1.807) is 19.9 Å². The lowest BCUT2D eigenvalue weighted by atomic mass is 10.1. The number of oxime groups is 1. The van der Waals surface area contributed by atoms with E-state index in [1.165, 1.54) is 11.3 Å². The highest BCUT2D eigenvalue weighted by Gasteiger charge is 2.45. The quantitative estimate of drug-likeness (QED) is 0.654. The standard InChI is InChI=1S/C16H21ClN4O3S2/c1-8-4-9(24-21-8)6-19-14(22)12-5-10(17)13(25-12)11-7-26(23)16(2,3)15(18)20-11/h5,9,11H,4,6-7H2,1-3H3,(H2,18,20)(H,19,22). The minimum Gasteiger partial charge on any atom is -0.616 e. The third-order valence-corrected chi connectivity index (χ3v) is 8.08. The largest absolute Gasteiger partial charge is 0.616 e. The first-order valence-electron chi connectivity index (χ1n) is 8.19. The van der Waals surface area contributed by atoms with Crippen molar-refractivity contribution in [1.29, 1.82) is 5.41 Å². The molecule has 3 atom stereocenters. The molecule has 142 valence electrons. The summed E-state index contributed by atoms with van der Waals surface area (Å²) < 4.78 is 11.7. The van der Waals surface area contributed by atoms with E-state index in [1.807, 2.05) is 6.92 Å². The van der Waals surface area contributed by atoms with Gasteiger partial charge in [0.25, 0.3) is 5.91 Å².